The van der Waals surface area contributed by atoms with Crippen LogP contribution in [0.5, 0.6) is 0 Å². The fraction of sp³-hybridized carbons (Fsp3) is 0.542. The summed E-state index contributed by atoms with van der Waals surface area (Å²) >= 11 is 4.20. The van der Waals surface area contributed by atoms with Gasteiger partial charge in [-0.1, -0.05) is 24.6 Å². The molecule has 2 atom stereocenters. The minimum Gasteiger partial charge on any atom is -0.444 e. The summed E-state index contributed by atoms with van der Waals surface area (Å²) in [5.74, 6) is -1.09. The van der Waals surface area contributed by atoms with Gasteiger partial charge in [0.25, 0.3) is 5.91 Å². The highest BCUT2D eigenvalue weighted by Gasteiger charge is 2.37. The van der Waals surface area contributed by atoms with Crippen molar-refractivity contribution in [1.82, 2.24) is 15.5 Å². The molecule has 2 N–H and O–H groups in total. The van der Waals surface area contributed by atoms with Gasteiger partial charge in [0, 0.05) is 17.3 Å². The zero-order valence-electron chi connectivity index (χ0n) is 20.2. The molecule has 1 aromatic rings. The molecule has 0 heterocycles. The summed E-state index contributed by atoms with van der Waals surface area (Å²) < 4.78 is 5.24. The van der Waals surface area contributed by atoms with Crippen LogP contribution in [0.4, 0.5) is 4.79 Å². The van der Waals surface area contributed by atoms with E-state index in [0.29, 0.717) is 5.56 Å². The van der Waals surface area contributed by atoms with Crippen LogP contribution in [0.1, 0.15) is 64.3 Å². The zero-order valence-corrected chi connectivity index (χ0v) is 21.1. The van der Waals surface area contributed by atoms with Crippen molar-refractivity contribution in [1.29, 1.82) is 0 Å². The molecule has 1 aromatic carbocycles. The average Bonchev–Trinajstić information content (AvgIpc) is 2.63. The Hall–Kier alpha value is -2.66. The molecule has 0 aliphatic rings. The summed E-state index contributed by atoms with van der Waals surface area (Å²) in [6.45, 7) is 14.5. The molecule has 0 radical (unpaired) electrons. The lowest BCUT2D eigenvalue weighted by Crippen LogP contribution is -2.54. The van der Waals surface area contributed by atoms with Crippen LogP contribution < -0.4 is 10.6 Å². The topological polar surface area (TPSA) is 87.7 Å². The second-order valence-electron chi connectivity index (χ2n) is 9.65. The number of carbonyl (C=O) groups is 3. The first-order valence-electron chi connectivity index (χ1n) is 10.4. The van der Waals surface area contributed by atoms with Crippen molar-refractivity contribution in [3.05, 3.63) is 34.9 Å². The van der Waals surface area contributed by atoms with E-state index in [-0.39, 0.29) is 5.75 Å². The maximum absolute atomic E-state index is 13.4. The number of hydrogen-bond donors (Lipinski definition) is 3. The molecule has 7 nitrogen and oxygen atoms in total. The number of ether oxygens (including phenoxy) is 1. The van der Waals surface area contributed by atoms with E-state index in [2.05, 4.69) is 29.3 Å². The third kappa shape index (κ3) is 7.79. The van der Waals surface area contributed by atoms with Crippen molar-refractivity contribution in [2.24, 2.45) is 0 Å². The lowest BCUT2D eigenvalue weighted by atomic mass is 9.94. The normalized spacial score (nSPS) is 13.4. The van der Waals surface area contributed by atoms with Gasteiger partial charge in [0.2, 0.25) is 5.91 Å². The number of aryl methyl sites for hydroxylation is 1. The molecule has 0 fully saturated rings. The molecule has 8 heteroatoms. The van der Waals surface area contributed by atoms with E-state index in [1.165, 1.54) is 0 Å². The van der Waals surface area contributed by atoms with Crippen LogP contribution in [-0.2, 0) is 14.3 Å². The second-order valence-corrected chi connectivity index (χ2v) is 10.0. The Bertz CT molecular complexity index is 894. The first-order chi connectivity index (χ1) is 14.6. The molecule has 2 unspecified atom stereocenters. The van der Waals surface area contributed by atoms with Crippen molar-refractivity contribution in [2.75, 3.05) is 5.75 Å². The number of carbonyl (C=O) groups excluding carboxylic acids is 3. The molecule has 0 aromatic heterocycles. The third-order valence-electron chi connectivity index (χ3n) is 4.49. The van der Waals surface area contributed by atoms with E-state index >= 15 is 0 Å². The number of alkyl carbamates (subject to hydrolysis) is 1. The number of terminal acetylenes is 1. The fourth-order valence-electron chi connectivity index (χ4n) is 2.97. The maximum Gasteiger partial charge on any atom is 0.408 e. The number of amides is 3. The molecule has 3 amide bonds. The summed E-state index contributed by atoms with van der Waals surface area (Å²) in [6, 6.07) is 5.67. The molecule has 0 saturated carbocycles. The van der Waals surface area contributed by atoms with Crippen molar-refractivity contribution in [3.8, 4) is 12.5 Å². The van der Waals surface area contributed by atoms with Crippen molar-refractivity contribution < 1.29 is 19.1 Å². The quantitative estimate of drug-likeness (QED) is 0.344. The predicted octanol–water partition coefficient (Wildman–Crippen LogP) is 3.50. The molecule has 1 rings (SSSR count). The van der Waals surface area contributed by atoms with Gasteiger partial charge >= 0.3 is 6.09 Å². The van der Waals surface area contributed by atoms with Gasteiger partial charge in [-0.2, -0.15) is 12.6 Å². The Morgan fingerprint density at radius 3 is 2.22 bits per heavy atom. The SMILES string of the molecule is C#CN(C(=O)C(CS)NC(=O)OC(C)(C)C)C(C(=O)NC(C)(C)C)c1cccc(C)c1C. The van der Waals surface area contributed by atoms with E-state index in [0.717, 1.165) is 16.0 Å². The van der Waals surface area contributed by atoms with E-state index in [4.69, 9.17) is 11.2 Å². The van der Waals surface area contributed by atoms with Gasteiger partial charge in [0.15, 0.2) is 0 Å². The maximum atomic E-state index is 13.4. The smallest absolute Gasteiger partial charge is 0.408 e. The lowest BCUT2D eigenvalue weighted by Gasteiger charge is -2.33. The van der Waals surface area contributed by atoms with Crippen LogP contribution in [-0.4, -0.2) is 45.7 Å². The molecular formula is C24H35N3O4S. The van der Waals surface area contributed by atoms with Crippen LogP contribution in [0.3, 0.4) is 0 Å². The van der Waals surface area contributed by atoms with Crippen molar-refractivity contribution in [3.63, 3.8) is 0 Å². The summed E-state index contributed by atoms with van der Waals surface area (Å²) in [5.41, 5.74) is 1.12. The Labute approximate surface area is 197 Å². The Morgan fingerprint density at radius 1 is 1.16 bits per heavy atom. The summed E-state index contributed by atoms with van der Waals surface area (Å²) in [7, 11) is 0. The summed E-state index contributed by atoms with van der Waals surface area (Å²) in [5, 5.41) is 5.40. The molecule has 0 spiro atoms. The largest absolute Gasteiger partial charge is 0.444 e. The molecule has 0 aliphatic carbocycles. The van der Waals surface area contributed by atoms with Crippen molar-refractivity contribution in [2.45, 2.75) is 78.6 Å². The zero-order chi connectivity index (χ0) is 24.9. The standard InChI is InChI=1S/C24H35N3O4S/c1-10-27(21(29)18(14-32)25-22(30)31-24(7,8)9)19(20(28)26-23(4,5)6)17-13-11-12-15(2)16(17)3/h1,11-13,18-19,32H,14H2,2-9H3,(H,25,30)(H,26,28). The monoisotopic (exact) mass is 461 g/mol. The molecule has 32 heavy (non-hydrogen) atoms. The van der Waals surface area contributed by atoms with Crippen LogP contribution in [0.15, 0.2) is 18.2 Å². The lowest BCUT2D eigenvalue weighted by molar-refractivity contribution is -0.138. The second kappa shape index (κ2) is 10.8. The van der Waals surface area contributed by atoms with E-state index in [1.807, 2.05) is 46.8 Å². The van der Waals surface area contributed by atoms with Crippen LogP contribution in [0.25, 0.3) is 0 Å². The minimum atomic E-state index is -1.09. The third-order valence-corrected chi connectivity index (χ3v) is 4.86. The van der Waals surface area contributed by atoms with Gasteiger partial charge in [-0.15, -0.1) is 0 Å². The van der Waals surface area contributed by atoms with E-state index in [1.54, 1.807) is 26.8 Å². The van der Waals surface area contributed by atoms with Gasteiger partial charge < -0.3 is 15.4 Å². The summed E-state index contributed by atoms with van der Waals surface area (Å²) in [6.07, 6.45) is 4.96. The molecular weight excluding hydrogens is 426 g/mol. The van der Waals surface area contributed by atoms with E-state index < -0.39 is 41.1 Å². The number of nitrogens with zero attached hydrogens (tertiary/aromatic N) is 1. The summed E-state index contributed by atoms with van der Waals surface area (Å²) in [4.78, 5) is 39.9. The highest BCUT2D eigenvalue weighted by Crippen LogP contribution is 2.27. The first-order valence-corrected chi connectivity index (χ1v) is 11.0. The minimum absolute atomic E-state index is 0.0311. The molecule has 0 aliphatic heterocycles. The fourth-order valence-corrected chi connectivity index (χ4v) is 3.22. The first kappa shape index (κ1) is 27.4. The molecule has 0 bridgehead atoms. The van der Waals surface area contributed by atoms with Crippen LogP contribution in [0.2, 0.25) is 0 Å². The van der Waals surface area contributed by atoms with Crippen molar-refractivity contribution >= 4 is 30.5 Å². The van der Waals surface area contributed by atoms with Gasteiger partial charge in [-0.25, -0.2) is 4.79 Å². The molecule has 0 saturated heterocycles. The Balaban J connectivity index is 3.40. The number of hydrogen-bond acceptors (Lipinski definition) is 5. The highest BCUT2D eigenvalue weighted by molar-refractivity contribution is 7.80. The molecule has 176 valence electrons. The van der Waals surface area contributed by atoms with Crippen LogP contribution >= 0.6 is 12.6 Å². The number of nitrogens with one attached hydrogen (secondary N) is 2. The van der Waals surface area contributed by atoms with Crippen LogP contribution in [0, 0.1) is 26.3 Å². The van der Waals surface area contributed by atoms with Gasteiger partial charge in [0.05, 0.1) is 0 Å². The number of benzene rings is 1. The van der Waals surface area contributed by atoms with Gasteiger partial charge in [-0.3, -0.25) is 14.5 Å². The number of thiol groups is 1. The number of rotatable bonds is 6. The highest BCUT2D eigenvalue weighted by atomic mass is 32.1. The van der Waals surface area contributed by atoms with E-state index in [9.17, 15) is 14.4 Å². The predicted molar refractivity (Wildman–Crippen MR) is 129 cm³/mol. The Kier molecular flexibility index (Phi) is 9.22. The van der Waals surface area contributed by atoms with Gasteiger partial charge in [-0.05, 0) is 72.1 Å². The Morgan fingerprint density at radius 2 is 1.75 bits per heavy atom. The average molecular weight is 462 g/mol. The van der Waals surface area contributed by atoms with Gasteiger partial charge in [0.1, 0.15) is 17.7 Å².